The molecule has 50 heavy (non-hydrogen) atoms. The van der Waals surface area contributed by atoms with Crippen molar-refractivity contribution in [1.29, 1.82) is 0 Å². The molecule has 4 aromatic carbocycles. The summed E-state index contributed by atoms with van der Waals surface area (Å²) in [7, 11) is 0. The second-order valence-electron chi connectivity index (χ2n) is 10.7. The molecule has 1 atom stereocenters. The second-order valence-corrected chi connectivity index (χ2v) is 10.7. The van der Waals surface area contributed by atoms with E-state index < -0.39 is 70.1 Å². The van der Waals surface area contributed by atoms with Crippen LogP contribution in [0, 0.1) is 64.5 Å². The molecule has 0 heterocycles. The number of carbonyl (C=O) groups excluding carboxylic acids is 2. The van der Waals surface area contributed by atoms with E-state index in [-0.39, 0.29) is 46.6 Å². The molecule has 0 amide bonds. The summed E-state index contributed by atoms with van der Waals surface area (Å²) in [5.41, 5.74) is -2.58. The molecular weight excluding hydrogens is 679 g/mol. The van der Waals surface area contributed by atoms with Crippen LogP contribution in [0.4, 0.5) is 39.5 Å². The zero-order valence-electron chi connectivity index (χ0n) is 26.0. The van der Waals surface area contributed by atoms with E-state index in [0.717, 1.165) is 42.3 Å². The molecular formula is C37H23F9O4. The van der Waals surface area contributed by atoms with Crippen LogP contribution < -0.4 is 9.47 Å². The number of benzene rings is 4. The SMILES string of the molecule is CC#Cc1c(F)cc(-c2ccc(OC(=O)CC(CC)CC(=O)Oc3ccc(-c4cc(F)c(C#CC(F)(F)F)c(F)c4)c(F)c3)cc2F)cc1F. The van der Waals surface area contributed by atoms with E-state index in [9.17, 15) is 49.1 Å². The predicted octanol–water partition coefficient (Wildman–Crippen LogP) is 9.46. The highest BCUT2D eigenvalue weighted by Gasteiger charge is 2.24. The van der Waals surface area contributed by atoms with Gasteiger partial charge in [-0.05, 0) is 72.5 Å². The highest BCUT2D eigenvalue weighted by Crippen LogP contribution is 2.31. The van der Waals surface area contributed by atoms with Crippen LogP contribution in [-0.2, 0) is 9.59 Å². The van der Waals surface area contributed by atoms with E-state index in [1.165, 1.54) is 25.0 Å². The lowest BCUT2D eigenvalue weighted by atomic mass is 9.98. The Balaban J connectivity index is 1.37. The van der Waals surface area contributed by atoms with Gasteiger partial charge in [0.25, 0.3) is 0 Å². The van der Waals surface area contributed by atoms with Gasteiger partial charge in [-0.15, -0.1) is 5.92 Å². The normalized spacial score (nSPS) is 11.5. The molecule has 0 radical (unpaired) electrons. The third-order valence-electron chi connectivity index (χ3n) is 7.12. The molecule has 4 rings (SSSR count). The Morgan fingerprint density at radius 3 is 1.38 bits per heavy atom. The van der Waals surface area contributed by atoms with Crippen LogP contribution in [0.1, 0.15) is 44.2 Å². The van der Waals surface area contributed by atoms with E-state index in [0.29, 0.717) is 18.6 Å². The molecule has 13 heteroatoms. The maximum atomic E-state index is 14.9. The Bertz CT molecular complexity index is 2040. The van der Waals surface area contributed by atoms with Gasteiger partial charge in [-0.2, -0.15) is 13.2 Å². The topological polar surface area (TPSA) is 52.6 Å². The van der Waals surface area contributed by atoms with E-state index in [1.807, 2.05) is 0 Å². The Hall–Kier alpha value is -5.69. The molecule has 0 aliphatic carbocycles. The molecule has 0 saturated carbocycles. The zero-order chi connectivity index (χ0) is 36.7. The van der Waals surface area contributed by atoms with Crippen LogP contribution in [0.5, 0.6) is 11.5 Å². The lowest BCUT2D eigenvalue weighted by Gasteiger charge is -2.14. The molecule has 0 saturated heterocycles. The summed E-state index contributed by atoms with van der Waals surface area (Å²) >= 11 is 0. The highest BCUT2D eigenvalue weighted by molar-refractivity contribution is 5.77. The average Bonchev–Trinajstić information content (AvgIpc) is 3.01. The van der Waals surface area contributed by atoms with Crippen LogP contribution in [0.3, 0.4) is 0 Å². The number of alkyl halides is 3. The summed E-state index contributed by atoms with van der Waals surface area (Å²) in [4.78, 5) is 25.1. The maximum Gasteiger partial charge on any atom is 0.458 e. The van der Waals surface area contributed by atoms with Gasteiger partial charge in [0.15, 0.2) is 0 Å². The Morgan fingerprint density at radius 1 is 0.640 bits per heavy atom. The van der Waals surface area contributed by atoms with Gasteiger partial charge < -0.3 is 9.47 Å². The third-order valence-corrected chi connectivity index (χ3v) is 7.12. The van der Waals surface area contributed by atoms with Crippen molar-refractivity contribution in [3.63, 3.8) is 0 Å². The first-order chi connectivity index (χ1) is 23.6. The minimum absolute atomic E-state index is 0.105. The molecule has 0 bridgehead atoms. The molecule has 4 nitrogen and oxygen atoms in total. The number of hydrogen-bond donors (Lipinski definition) is 0. The van der Waals surface area contributed by atoms with Gasteiger partial charge in [-0.1, -0.05) is 25.2 Å². The van der Waals surface area contributed by atoms with Crippen molar-refractivity contribution in [1.82, 2.24) is 0 Å². The smallest absolute Gasteiger partial charge is 0.426 e. The van der Waals surface area contributed by atoms with Crippen LogP contribution in [0.2, 0.25) is 0 Å². The van der Waals surface area contributed by atoms with E-state index >= 15 is 0 Å². The number of ether oxygens (including phenoxy) is 2. The van der Waals surface area contributed by atoms with Gasteiger partial charge in [0.1, 0.15) is 46.4 Å². The van der Waals surface area contributed by atoms with Crippen LogP contribution in [0.15, 0.2) is 60.7 Å². The van der Waals surface area contributed by atoms with Gasteiger partial charge in [-0.3, -0.25) is 9.59 Å². The summed E-state index contributed by atoms with van der Waals surface area (Å²) in [5, 5.41) is 0. The molecule has 4 aromatic rings. The molecule has 0 aromatic heterocycles. The van der Waals surface area contributed by atoms with Crippen molar-refractivity contribution in [3.8, 4) is 57.4 Å². The highest BCUT2D eigenvalue weighted by atomic mass is 19.4. The first-order valence-corrected chi connectivity index (χ1v) is 14.6. The number of carbonyl (C=O) groups is 2. The summed E-state index contributed by atoms with van der Waals surface area (Å²) in [6.07, 6.45) is -5.33. The number of hydrogen-bond acceptors (Lipinski definition) is 4. The fourth-order valence-electron chi connectivity index (χ4n) is 4.72. The summed E-state index contributed by atoms with van der Waals surface area (Å²) in [6, 6.07) is 9.21. The second kappa shape index (κ2) is 15.7. The molecule has 0 spiro atoms. The van der Waals surface area contributed by atoms with Crippen molar-refractivity contribution in [2.45, 2.75) is 39.3 Å². The zero-order valence-corrected chi connectivity index (χ0v) is 26.0. The van der Waals surface area contributed by atoms with Crippen molar-refractivity contribution in [2.24, 2.45) is 5.92 Å². The van der Waals surface area contributed by atoms with Gasteiger partial charge in [0.2, 0.25) is 0 Å². The molecule has 0 aliphatic rings. The molecule has 0 N–H and O–H groups in total. The molecule has 0 fully saturated rings. The maximum absolute atomic E-state index is 14.9. The monoisotopic (exact) mass is 702 g/mol. The van der Waals surface area contributed by atoms with Crippen molar-refractivity contribution < 1.29 is 58.6 Å². The van der Waals surface area contributed by atoms with Crippen molar-refractivity contribution in [2.75, 3.05) is 0 Å². The largest absolute Gasteiger partial charge is 0.458 e. The fourth-order valence-corrected chi connectivity index (χ4v) is 4.72. The van der Waals surface area contributed by atoms with Crippen molar-refractivity contribution >= 4 is 11.9 Å². The Morgan fingerprint density at radius 2 is 1.04 bits per heavy atom. The minimum Gasteiger partial charge on any atom is -0.426 e. The Labute approximate surface area is 279 Å². The van der Waals surface area contributed by atoms with Crippen molar-refractivity contribution in [3.05, 3.63) is 107 Å². The number of rotatable bonds is 9. The van der Waals surface area contributed by atoms with Crippen LogP contribution in [-0.4, -0.2) is 18.1 Å². The fraction of sp³-hybridized carbons (Fsp3) is 0.189. The average molecular weight is 703 g/mol. The minimum atomic E-state index is -4.99. The third kappa shape index (κ3) is 9.47. The summed E-state index contributed by atoms with van der Waals surface area (Å²) in [5.74, 6) is -2.88. The predicted molar refractivity (Wildman–Crippen MR) is 163 cm³/mol. The van der Waals surface area contributed by atoms with Gasteiger partial charge >= 0.3 is 18.1 Å². The van der Waals surface area contributed by atoms with Crippen LogP contribution in [0.25, 0.3) is 22.3 Å². The van der Waals surface area contributed by atoms with Gasteiger partial charge in [-0.25, -0.2) is 26.3 Å². The molecule has 258 valence electrons. The standard InChI is InChI=1S/C37H23F9O4/c1-3-5-27-29(38)14-21(15-30(27)39)25-8-6-23(18-33(25)42)49-35(47)12-20(4-2)13-36(48)50-24-7-9-26(34(43)19-24)22-16-31(40)28(32(41)17-22)10-11-37(44,45)46/h6-9,14-20H,4,12-13H2,1-2H3. The number of esters is 2. The first kappa shape index (κ1) is 37.1. The summed E-state index contributed by atoms with van der Waals surface area (Å²) in [6.45, 7) is 3.07. The van der Waals surface area contributed by atoms with Gasteiger partial charge in [0.05, 0.1) is 11.1 Å². The summed E-state index contributed by atoms with van der Waals surface area (Å²) < 4.78 is 134. The lowest BCUT2D eigenvalue weighted by molar-refractivity contribution is -0.138. The first-order valence-electron chi connectivity index (χ1n) is 14.6. The molecule has 0 aliphatic heterocycles. The number of halogens is 9. The van der Waals surface area contributed by atoms with Gasteiger partial charge in [0, 0.05) is 42.0 Å². The molecule has 1 unspecified atom stereocenters. The van der Waals surface area contributed by atoms with E-state index in [4.69, 9.17) is 9.47 Å². The Kier molecular flexibility index (Phi) is 11.6. The van der Waals surface area contributed by atoms with E-state index in [1.54, 1.807) is 6.92 Å². The van der Waals surface area contributed by atoms with E-state index in [2.05, 4.69) is 11.8 Å². The van der Waals surface area contributed by atoms with Crippen LogP contribution >= 0.6 is 0 Å². The lowest BCUT2D eigenvalue weighted by Crippen LogP contribution is -2.19. The quantitative estimate of drug-likeness (QED) is 0.0755.